The second kappa shape index (κ2) is 8.44. The number of rotatable bonds is 6. The summed E-state index contributed by atoms with van der Waals surface area (Å²) in [6.07, 6.45) is 0. The number of nitrogens with one attached hydrogen (secondary N) is 1. The highest BCUT2D eigenvalue weighted by molar-refractivity contribution is 7.99. The number of carbonyl (C=O) groups is 1. The standard InChI is InChI=1S/C20H19N3OS/c1-15(16-8-4-2-5-9-16)21-19(24)14-25-20-13-12-18(22-23-20)17-10-6-3-7-11-17/h2-13,15H,14H2,1H3,(H,21,24)/t15-/m0/s1. The van der Waals surface area contributed by atoms with Gasteiger partial charge in [0.1, 0.15) is 5.03 Å². The molecule has 3 aromatic rings. The van der Waals surface area contributed by atoms with Crippen molar-refractivity contribution in [2.45, 2.75) is 18.0 Å². The van der Waals surface area contributed by atoms with Gasteiger partial charge in [0.15, 0.2) is 0 Å². The first-order valence-electron chi connectivity index (χ1n) is 8.08. The van der Waals surface area contributed by atoms with Gasteiger partial charge in [-0.25, -0.2) is 0 Å². The van der Waals surface area contributed by atoms with Crippen LogP contribution in [0.4, 0.5) is 0 Å². The van der Waals surface area contributed by atoms with E-state index in [1.807, 2.05) is 79.7 Å². The second-order valence-electron chi connectivity index (χ2n) is 5.61. The van der Waals surface area contributed by atoms with Crippen molar-refractivity contribution in [3.05, 3.63) is 78.4 Å². The molecular formula is C20H19N3OS. The maximum Gasteiger partial charge on any atom is 0.230 e. The van der Waals surface area contributed by atoms with Gasteiger partial charge >= 0.3 is 0 Å². The molecule has 0 aliphatic carbocycles. The SMILES string of the molecule is C[C@H](NC(=O)CSc1ccc(-c2ccccc2)nn1)c1ccccc1. The molecule has 2 aromatic carbocycles. The Morgan fingerprint density at radius 2 is 1.64 bits per heavy atom. The summed E-state index contributed by atoms with van der Waals surface area (Å²) in [5, 5.41) is 12.2. The van der Waals surface area contributed by atoms with Crippen LogP contribution in [-0.4, -0.2) is 21.9 Å². The van der Waals surface area contributed by atoms with Gasteiger partial charge in [0.2, 0.25) is 5.91 Å². The highest BCUT2D eigenvalue weighted by Crippen LogP contribution is 2.19. The van der Waals surface area contributed by atoms with E-state index >= 15 is 0 Å². The molecule has 126 valence electrons. The number of benzene rings is 2. The van der Waals surface area contributed by atoms with E-state index in [9.17, 15) is 4.79 Å². The van der Waals surface area contributed by atoms with Crippen molar-refractivity contribution in [3.8, 4) is 11.3 Å². The molecule has 0 bridgehead atoms. The van der Waals surface area contributed by atoms with Gasteiger partial charge in [0.05, 0.1) is 17.5 Å². The van der Waals surface area contributed by atoms with Crippen LogP contribution in [0, 0.1) is 0 Å². The largest absolute Gasteiger partial charge is 0.349 e. The third-order valence-corrected chi connectivity index (χ3v) is 4.66. The fourth-order valence-electron chi connectivity index (χ4n) is 2.41. The number of thioether (sulfide) groups is 1. The summed E-state index contributed by atoms with van der Waals surface area (Å²) >= 11 is 1.38. The minimum absolute atomic E-state index is 0.0131. The zero-order chi connectivity index (χ0) is 17.5. The summed E-state index contributed by atoms with van der Waals surface area (Å²) in [7, 11) is 0. The highest BCUT2D eigenvalue weighted by Gasteiger charge is 2.10. The van der Waals surface area contributed by atoms with Crippen LogP contribution in [0.15, 0.2) is 77.8 Å². The highest BCUT2D eigenvalue weighted by atomic mass is 32.2. The minimum atomic E-state index is -0.0183. The van der Waals surface area contributed by atoms with Gasteiger partial charge in [-0.2, -0.15) is 0 Å². The number of aromatic nitrogens is 2. The Morgan fingerprint density at radius 3 is 2.28 bits per heavy atom. The second-order valence-corrected chi connectivity index (χ2v) is 6.61. The van der Waals surface area contributed by atoms with Crippen molar-refractivity contribution in [2.75, 3.05) is 5.75 Å². The molecule has 1 aromatic heterocycles. The van der Waals surface area contributed by atoms with Gasteiger partial charge in [0.25, 0.3) is 0 Å². The average molecular weight is 349 g/mol. The molecule has 0 saturated carbocycles. The van der Waals surface area contributed by atoms with E-state index in [1.165, 1.54) is 11.8 Å². The Kier molecular flexibility index (Phi) is 5.80. The number of nitrogens with zero attached hydrogens (tertiary/aromatic N) is 2. The number of hydrogen-bond donors (Lipinski definition) is 1. The Morgan fingerprint density at radius 1 is 0.960 bits per heavy atom. The molecule has 5 heteroatoms. The van der Waals surface area contributed by atoms with Crippen molar-refractivity contribution >= 4 is 17.7 Å². The van der Waals surface area contributed by atoms with Crippen LogP contribution in [0.3, 0.4) is 0 Å². The molecule has 0 saturated heterocycles. The monoisotopic (exact) mass is 349 g/mol. The predicted molar refractivity (Wildman–Crippen MR) is 101 cm³/mol. The van der Waals surface area contributed by atoms with Crippen molar-refractivity contribution in [1.29, 1.82) is 0 Å². The van der Waals surface area contributed by atoms with Crippen LogP contribution >= 0.6 is 11.8 Å². The first-order chi connectivity index (χ1) is 12.2. The Labute approximate surface area is 151 Å². The fourth-order valence-corrected chi connectivity index (χ4v) is 3.03. The van der Waals surface area contributed by atoms with Crippen molar-refractivity contribution in [1.82, 2.24) is 15.5 Å². The number of hydrogen-bond acceptors (Lipinski definition) is 4. The Hall–Kier alpha value is -2.66. The van der Waals surface area contributed by atoms with Crippen LogP contribution in [0.25, 0.3) is 11.3 Å². The topological polar surface area (TPSA) is 54.9 Å². The van der Waals surface area contributed by atoms with E-state index in [2.05, 4.69) is 15.5 Å². The molecular weight excluding hydrogens is 330 g/mol. The summed E-state index contributed by atoms with van der Waals surface area (Å²) in [6, 6.07) is 23.6. The first-order valence-corrected chi connectivity index (χ1v) is 9.07. The fraction of sp³-hybridized carbons (Fsp3) is 0.150. The smallest absolute Gasteiger partial charge is 0.230 e. The quantitative estimate of drug-likeness (QED) is 0.680. The normalized spacial score (nSPS) is 11.7. The van der Waals surface area contributed by atoms with Gasteiger partial charge in [-0.1, -0.05) is 72.4 Å². The molecule has 1 atom stereocenters. The van der Waals surface area contributed by atoms with Gasteiger partial charge < -0.3 is 5.32 Å². The molecule has 25 heavy (non-hydrogen) atoms. The molecule has 1 N–H and O–H groups in total. The van der Waals surface area contributed by atoms with E-state index in [0.717, 1.165) is 21.8 Å². The molecule has 0 aliphatic heterocycles. The lowest BCUT2D eigenvalue weighted by Crippen LogP contribution is -2.28. The van der Waals surface area contributed by atoms with E-state index in [4.69, 9.17) is 0 Å². The van der Waals surface area contributed by atoms with E-state index in [-0.39, 0.29) is 11.9 Å². The maximum absolute atomic E-state index is 12.1. The van der Waals surface area contributed by atoms with Crippen molar-refractivity contribution in [3.63, 3.8) is 0 Å². The van der Waals surface area contributed by atoms with Gasteiger partial charge in [0, 0.05) is 5.56 Å². The first kappa shape index (κ1) is 17.2. The summed E-state index contributed by atoms with van der Waals surface area (Å²) in [4.78, 5) is 12.1. The molecule has 1 heterocycles. The molecule has 0 unspecified atom stereocenters. The zero-order valence-electron chi connectivity index (χ0n) is 13.9. The van der Waals surface area contributed by atoms with E-state index in [0.29, 0.717) is 5.75 Å². The molecule has 0 aliphatic rings. The number of carbonyl (C=O) groups excluding carboxylic acids is 1. The van der Waals surface area contributed by atoms with Crippen LogP contribution < -0.4 is 5.32 Å². The predicted octanol–water partition coefficient (Wildman–Crippen LogP) is 4.11. The number of amides is 1. The van der Waals surface area contributed by atoms with Crippen LogP contribution in [-0.2, 0) is 4.79 Å². The average Bonchev–Trinajstić information content (AvgIpc) is 2.68. The molecule has 0 spiro atoms. The summed E-state index contributed by atoms with van der Waals surface area (Å²) < 4.78 is 0. The van der Waals surface area contributed by atoms with Crippen LogP contribution in [0.2, 0.25) is 0 Å². The lowest BCUT2D eigenvalue weighted by atomic mass is 10.1. The summed E-state index contributed by atoms with van der Waals surface area (Å²) in [6.45, 7) is 1.98. The molecule has 4 nitrogen and oxygen atoms in total. The van der Waals surface area contributed by atoms with Gasteiger partial charge in [-0.05, 0) is 24.6 Å². The molecule has 1 amide bonds. The molecule has 3 rings (SSSR count). The van der Waals surface area contributed by atoms with Crippen LogP contribution in [0.5, 0.6) is 0 Å². The Bertz CT molecular complexity index is 807. The molecule has 0 fully saturated rings. The van der Waals surface area contributed by atoms with E-state index < -0.39 is 0 Å². The van der Waals surface area contributed by atoms with Gasteiger partial charge in [-0.15, -0.1) is 10.2 Å². The lowest BCUT2D eigenvalue weighted by molar-refractivity contribution is -0.119. The lowest BCUT2D eigenvalue weighted by Gasteiger charge is -2.13. The van der Waals surface area contributed by atoms with E-state index in [1.54, 1.807) is 0 Å². The summed E-state index contributed by atoms with van der Waals surface area (Å²) in [5.74, 6) is 0.298. The minimum Gasteiger partial charge on any atom is -0.349 e. The Balaban J connectivity index is 1.52. The maximum atomic E-state index is 12.1. The summed E-state index contributed by atoms with van der Waals surface area (Å²) in [5.41, 5.74) is 2.95. The van der Waals surface area contributed by atoms with Crippen molar-refractivity contribution < 1.29 is 4.79 Å². The third kappa shape index (κ3) is 4.90. The van der Waals surface area contributed by atoms with Crippen LogP contribution in [0.1, 0.15) is 18.5 Å². The zero-order valence-corrected chi connectivity index (χ0v) is 14.7. The van der Waals surface area contributed by atoms with Gasteiger partial charge in [-0.3, -0.25) is 4.79 Å². The molecule has 0 radical (unpaired) electrons. The van der Waals surface area contributed by atoms with Crippen molar-refractivity contribution in [2.24, 2.45) is 0 Å². The third-order valence-electron chi connectivity index (χ3n) is 3.74.